The van der Waals surface area contributed by atoms with Crippen LogP contribution in [0, 0.1) is 0 Å². The highest BCUT2D eigenvalue weighted by Crippen LogP contribution is 2.38. The van der Waals surface area contributed by atoms with E-state index in [0.29, 0.717) is 46.4 Å². The van der Waals surface area contributed by atoms with Crippen LogP contribution in [0.2, 0.25) is 5.02 Å². The summed E-state index contributed by atoms with van der Waals surface area (Å²) in [7, 11) is 0. The number of rotatable bonds is 4. The van der Waals surface area contributed by atoms with E-state index in [-0.39, 0.29) is 5.91 Å². The van der Waals surface area contributed by atoms with Gasteiger partial charge in [-0.2, -0.15) is 0 Å². The zero-order chi connectivity index (χ0) is 15.4. The van der Waals surface area contributed by atoms with Gasteiger partial charge in [0.05, 0.1) is 16.5 Å². The lowest BCUT2D eigenvalue weighted by Gasteiger charge is -2.21. The normalized spacial score (nSPS) is 18.0. The molecule has 3 rings (SSSR count). The molecule has 0 atom stereocenters. The highest BCUT2D eigenvalue weighted by molar-refractivity contribution is 8.00. The average Bonchev–Trinajstić information content (AvgIpc) is 2.55. The minimum absolute atomic E-state index is 0.0193. The Balaban J connectivity index is 1.56. The number of nitrogens with one attached hydrogen (secondary N) is 1. The van der Waals surface area contributed by atoms with Crippen molar-refractivity contribution in [3.8, 4) is 11.5 Å². The molecule has 1 aliphatic heterocycles. The Morgan fingerprint density at radius 3 is 2.59 bits per heavy atom. The molecule has 1 fully saturated rings. The van der Waals surface area contributed by atoms with Gasteiger partial charge in [-0.05, 0) is 12.8 Å². The summed E-state index contributed by atoms with van der Waals surface area (Å²) < 4.78 is 11.0. The van der Waals surface area contributed by atoms with Crippen LogP contribution in [0.15, 0.2) is 12.1 Å². The van der Waals surface area contributed by atoms with Crippen molar-refractivity contribution < 1.29 is 14.3 Å². The summed E-state index contributed by atoms with van der Waals surface area (Å²) in [6.07, 6.45) is 6.35. The molecule has 1 aliphatic carbocycles. The molecule has 0 spiro atoms. The third-order valence-electron chi connectivity index (χ3n) is 3.91. The van der Waals surface area contributed by atoms with Crippen molar-refractivity contribution in [3.05, 3.63) is 17.2 Å². The summed E-state index contributed by atoms with van der Waals surface area (Å²) in [5.74, 6) is 1.71. The van der Waals surface area contributed by atoms with Gasteiger partial charge in [0.15, 0.2) is 11.5 Å². The fourth-order valence-corrected chi connectivity index (χ4v) is 4.10. The molecule has 0 aromatic heterocycles. The fourth-order valence-electron chi connectivity index (χ4n) is 2.77. The molecular weight excluding hydrogens is 322 g/mol. The molecule has 120 valence electrons. The van der Waals surface area contributed by atoms with Gasteiger partial charge in [0.1, 0.15) is 13.2 Å². The summed E-state index contributed by atoms with van der Waals surface area (Å²) in [5, 5.41) is 3.97. The number of carbonyl (C=O) groups is 1. The van der Waals surface area contributed by atoms with Crippen LogP contribution in [0.1, 0.15) is 32.1 Å². The summed E-state index contributed by atoms with van der Waals surface area (Å²) in [4.78, 5) is 12.1. The molecule has 22 heavy (non-hydrogen) atoms. The number of anilines is 1. The Labute approximate surface area is 139 Å². The molecule has 1 amide bonds. The second kappa shape index (κ2) is 7.47. The molecule has 1 N–H and O–H groups in total. The largest absolute Gasteiger partial charge is 0.486 e. The van der Waals surface area contributed by atoms with Gasteiger partial charge >= 0.3 is 0 Å². The highest BCUT2D eigenvalue weighted by Gasteiger charge is 2.18. The van der Waals surface area contributed by atoms with E-state index in [1.54, 1.807) is 23.9 Å². The number of thioether (sulfide) groups is 1. The molecule has 1 saturated carbocycles. The third kappa shape index (κ3) is 4.02. The Morgan fingerprint density at radius 1 is 1.18 bits per heavy atom. The maximum Gasteiger partial charge on any atom is 0.234 e. The first-order chi connectivity index (χ1) is 10.7. The Hall–Kier alpha value is -1.07. The van der Waals surface area contributed by atoms with Crippen LogP contribution in [0.25, 0.3) is 0 Å². The quantitative estimate of drug-likeness (QED) is 0.895. The zero-order valence-corrected chi connectivity index (χ0v) is 14.0. The van der Waals surface area contributed by atoms with E-state index in [1.807, 2.05) is 0 Å². The van der Waals surface area contributed by atoms with Gasteiger partial charge in [0.2, 0.25) is 5.91 Å². The van der Waals surface area contributed by atoms with Gasteiger partial charge in [-0.1, -0.05) is 30.9 Å². The molecule has 4 nitrogen and oxygen atoms in total. The van der Waals surface area contributed by atoms with Gasteiger partial charge in [0, 0.05) is 17.4 Å². The number of ether oxygens (including phenoxy) is 2. The number of amides is 1. The third-order valence-corrected chi connectivity index (χ3v) is 5.59. The molecule has 0 unspecified atom stereocenters. The molecular formula is C16H20ClNO3S. The van der Waals surface area contributed by atoms with Gasteiger partial charge in [-0.25, -0.2) is 0 Å². The van der Waals surface area contributed by atoms with E-state index in [0.717, 1.165) is 0 Å². The van der Waals surface area contributed by atoms with Gasteiger partial charge < -0.3 is 14.8 Å². The molecule has 1 heterocycles. The maximum atomic E-state index is 12.1. The van der Waals surface area contributed by atoms with Crippen LogP contribution in [0.5, 0.6) is 11.5 Å². The van der Waals surface area contributed by atoms with E-state index in [1.165, 1.54) is 32.1 Å². The second-order valence-corrected chi connectivity index (χ2v) is 7.29. The van der Waals surface area contributed by atoms with Crippen molar-refractivity contribution in [2.75, 3.05) is 24.3 Å². The first kappa shape index (κ1) is 15.8. The molecule has 2 aliphatic rings. The van der Waals surface area contributed by atoms with Gasteiger partial charge in [-0.3, -0.25) is 4.79 Å². The SMILES string of the molecule is O=C(CSC1CCCCC1)Nc1cc2c(cc1Cl)OCCO2. The Kier molecular flexibility index (Phi) is 5.37. The lowest BCUT2D eigenvalue weighted by molar-refractivity contribution is -0.113. The van der Waals surface area contributed by atoms with E-state index in [9.17, 15) is 4.79 Å². The fraction of sp³-hybridized carbons (Fsp3) is 0.562. The van der Waals surface area contributed by atoms with E-state index in [4.69, 9.17) is 21.1 Å². The smallest absolute Gasteiger partial charge is 0.234 e. The average molecular weight is 342 g/mol. The first-order valence-electron chi connectivity index (χ1n) is 7.73. The minimum Gasteiger partial charge on any atom is -0.486 e. The lowest BCUT2D eigenvalue weighted by Crippen LogP contribution is -2.19. The molecule has 0 bridgehead atoms. The minimum atomic E-state index is -0.0193. The van der Waals surface area contributed by atoms with Crippen LogP contribution in [0.3, 0.4) is 0 Å². The van der Waals surface area contributed by atoms with Crippen LogP contribution < -0.4 is 14.8 Å². The topological polar surface area (TPSA) is 47.6 Å². The lowest BCUT2D eigenvalue weighted by atomic mass is 10.0. The van der Waals surface area contributed by atoms with E-state index in [2.05, 4.69) is 5.32 Å². The van der Waals surface area contributed by atoms with Crippen molar-refractivity contribution in [2.45, 2.75) is 37.4 Å². The second-order valence-electron chi connectivity index (χ2n) is 5.59. The van der Waals surface area contributed by atoms with Crippen molar-refractivity contribution in [1.29, 1.82) is 0 Å². The number of hydrogen-bond acceptors (Lipinski definition) is 4. The molecule has 0 saturated heterocycles. The number of carbonyl (C=O) groups excluding carboxylic acids is 1. The molecule has 6 heteroatoms. The van der Waals surface area contributed by atoms with Crippen LogP contribution >= 0.6 is 23.4 Å². The predicted octanol–water partition coefficient (Wildman–Crippen LogP) is 4.12. The number of benzene rings is 1. The van der Waals surface area contributed by atoms with Crippen molar-refractivity contribution in [3.63, 3.8) is 0 Å². The summed E-state index contributed by atoms with van der Waals surface area (Å²) in [6.45, 7) is 1.03. The zero-order valence-electron chi connectivity index (χ0n) is 12.4. The van der Waals surface area contributed by atoms with Gasteiger partial charge in [0.25, 0.3) is 0 Å². The Bertz CT molecular complexity index is 546. The summed E-state index contributed by atoms with van der Waals surface area (Å²) in [6, 6.07) is 3.43. The summed E-state index contributed by atoms with van der Waals surface area (Å²) >= 11 is 7.95. The van der Waals surface area contributed by atoms with Gasteiger partial charge in [-0.15, -0.1) is 11.8 Å². The van der Waals surface area contributed by atoms with Crippen molar-refractivity contribution in [2.24, 2.45) is 0 Å². The van der Waals surface area contributed by atoms with Crippen molar-refractivity contribution >= 4 is 35.0 Å². The summed E-state index contributed by atoms with van der Waals surface area (Å²) in [5.41, 5.74) is 0.583. The van der Waals surface area contributed by atoms with E-state index < -0.39 is 0 Å². The maximum absolute atomic E-state index is 12.1. The molecule has 1 aromatic rings. The Morgan fingerprint density at radius 2 is 1.86 bits per heavy atom. The van der Waals surface area contributed by atoms with Crippen LogP contribution in [-0.4, -0.2) is 30.1 Å². The monoisotopic (exact) mass is 341 g/mol. The molecule has 0 radical (unpaired) electrons. The number of halogens is 1. The standard InChI is InChI=1S/C16H20ClNO3S/c17-12-8-14-15(21-7-6-20-14)9-13(12)18-16(19)10-22-11-4-2-1-3-5-11/h8-9,11H,1-7,10H2,(H,18,19). The number of hydrogen-bond donors (Lipinski definition) is 1. The van der Waals surface area contributed by atoms with Crippen molar-refractivity contribution in [1.82, 2.24) is 0 Å². The van der Waals surface area contributed by atoms with E-state index >= 15 is 0 Å². The molecule has 1 aromatic carbocycles. The van der Waals surface area contributed by atoms with Crippen LogP contribution in [0.4, 0.5) is 5.69 Å². The number of fused-ring (bicyclic) bond motifs is 1. The highest BCUT2D eigenvalue weighted by atomic mass is 35.5. The van der Waals surface area contributed by atoms with Crippen LogP contribution in [-0.2, 0) is 4.79 Å². The predicted molar refractivity (Wildman–Crippen MR) is 90.4 cm³/mol. The first-order valence-corrected chi connectivity index (χ1v) is 9.15.